The second kappa shape index (κ2) is 9.22. The Hall–Kier alpha value is -1.81. The second-order valence-electron chi connectivity index (χ2n) is 6.46. The van der Waals surface area contributed by atoms with Crippen molar-refractivity contribution < 1.29 is 4.74 Å². The maximum atomic E-state index is 6.08. The van der Waals surface area contributed by atoms with Gasteiger partial charge in [0.15, 0.2) is 0 Å². The molecule has 1 aliphatic heterocycles. The number of nitrogens with zero attached hydrogens (tertiary/aromatic N) is 1. The van der Waals surface area contributed by atoms with Gasteiger partial charge in [-0.3, -0.25) is 4.98 Å². The highest BCUT2D eigenvalue weighted by molar-refractivity contribution is 5.86. The molecular weight excluding hydrogens is 367 g/mol. The summed E-state index contributed by atoms with van der Waals surface area (Å²) < 4.78 is 6.08. The fourth-order valence-corrected chi connectivity index (χ4v) is 3.29. The number of rotatable bonds is 3. The van der Waals surface area contributed by atoms with Gasteiger partial charge in [-0.1, -0.05) is 24.3 Å². The van der Waals surface area contributed by atoms with Crippen LogP contribution in [-0.4, -0.2) is 24.2 Å². The average Bonchev–Trinajstić information content (AvgIpc) is 2.63. The van der Waals surface area contributed by atoms with E-state index in [1.54, 1.807) is 0 Å². The van der Waals surface area contributed by atoms with E-state index < -0.39 is 0 Å². The van der Waals surface area contributed by atoms with Gasteiger partial charge in [-0.05, 0) is 68.2 Å². The number of hydrogen-bond acceptors (Lipinski definition) is 3. The van der Waals surface area contributed by atoms with E-state index in [0.717, 1.165) is 42.8 Å². The smallest absolute Gasteiger partial charge is 0.119 e. The summed E-state index contributed by atoms with van der Waals surface area (Å²) in [5, 5.41) is 4.58. The molecule has 3 nitrogen and oxygen atoms in total. The van der Waals surface area contributed by atoms with E-state index in [1.807, 2.05) is 6.20 Å². The van der Waals surface area contributed by atoms with Gasteiger partial charge in [-0.25, -0.2) is 0 Å². The molecule has 0 amide bonds. The van der Waals surface area contributed by atoms with Gasteiger partial charge in [-0.2, -0.15) is 0 Å². The normalized spacial score (nSPS) is 14.3. The summed E-state index contributed by atoms with van der Waals surface area (Å²) in [7, 11) is 0. The molecular formula is C21H24Cl2N2O. The van der Waals surface area contributed by atoms with Crippen LogP contribution in [0.15, 0.2) is 54.7 Å². The minimum absolute atomic E-state index is 0. The van der Waals surface area contributed by atoms with Crippen LogP contribution in [0.3, 0.4) is 0 Å². The molecule has 2 heterocycles. The molecule has 1 aromatic heterocycles. The number of halogens is 2. The number of pyridine rings is 1. The molecule has 0 unspecified atom stereocenters. The van der Waals surface area contributed by atoms with Gasteiger partial charge in [0.1, 0.15) is 11.9 Å². The first kappa shape index (κ1) is 20.5. The van der Waals surface area contributed by atoms with Crippen LogP contribution >= 0.6 is 24.8 Å². The van der Waals surface area contributed by atoms with Crippen LogP contribution in [0.5, 0.6) is 5.75 Å². The Morgan fingerprint density at radius 1 is 0.962 bits per heavy atom. The SMILES string of the molecule is Cc1cccc2ncc(-c3ccc(OC4CCNCC4)cc3)cc12.Cl.Cl. The lowest BCUT2D eigenvalue weighted by molar-refractivity contribution is 0.162. The third-order valence-electron chi connectivity index (χ3n) is 4.72. The molecule has 0 radical (unpaired) electrons. The predicted molar refractivity (Wildman–Crippen MR) is 113 cm³/mol. The molecule has 1 saturated heterocycles. The van der Waals surface area contributed by atoms with Crippen LogP contribution in [0.4, 0.5) is 0 Å². The van der Waals surface area contributed by atoms with Crippen molar-refractivity contribution in [1.29, 1.82) is 0 Å². The molecule has 0 aliphatic carbocycles. The van der Waals surface area contributed by atoms with E-state index in [0.29, 0.717) is 6.10 Å². The summed E-state index contributed by atoms with van der Waals surface area (Å²) in [6, 6.07) is 16.8. The van der Waals surface area contributed by atoms with Crippen molar-refractivity contribution in [2.45, 2.75) is 25.9 Å². The number of nitrogens with one attached hydrogen (secondary N) is 1. The van der Waals surface area contributed by atoms with Crippen LogP contribution in [0.1, 0.15) is 18.4 Å². The molecule has 0 spiro atoms. The number of benzene rings is 2. The lowest BCUT2D eigenvalue weighted by Crippen LogP contribution is -2.34. The standard InChI is InChI=1S/C21H22N2O.2ClH/c1-15-3-2-4-21-20(15)13-17(14-23-21)16-5-7-18(8-6-16)24-19-9-11-22-12-10-19;;/h2-8,13-14,19,22H,9-12H2,1H3;2*1H. The van der Waals surface area contributed by atoms with Gasteiger partial charge in [0.25, 0.3) is 0 Å². The highest BCUT2D eigenvalue weighted by atomic mass is 35.5. The molecule has 1 fully saturated rings. The van der Waals surface area contributed by atoms with Gasteiger partial charge < -0.3 is 10.1 Å². The fraction of sp³-hybridized carbons (Fsp3) is 0.286. The van der Waals surface area contributed by atoms with Crippen molar-refractivity contribution in [3.63, 3.8) is 0 Å². The van der Waals surface area contributed by atoms with E-state index in [2.05, 4.69) is 65.8 Å². The minimum atomic E-state index is 0. The Kier molecular flexibility index (Phi) is 7.27. The first-order valence-electron chi connectivity index (χ1n) is 8.63. The monoisotopic (exact) mass is 390 g/mol. The molecule has 5 heteroatoms. The summed E-state index contributed by atoms with van der Waals surface area (Å²) in [5.41, 5.74) is 4.62. The number of hydrogen-bond donors (Lipinski definition) is 1. The Labute approximate surface area is 167 Å². The van der Waals surface area contributed by atoms with E-state index in [9.17, 15) is 0 Å². The molecule has 0 bridgehead atoms. The molecule has 138 valence electrons. The molecule has 26 heavy (non-hydrogen) atoms. The molecule has 2 aromatic carbocycles. The first-order chi connectivity index (χ1) is 11.8. The Morgan fingerprint density at radius 3 is 2.42 bits per heavy atom. The molecule has 0 atom stereocenters. The van der Waals surface area contributed by atoms with Crippen molar-refractivity contribution in [2.75, 3.05) is 13.1 Å². The van der Waals surface area contributed by atoms with Crippen molar-refractivity contribution in [2.24, 2.45) is 0 Å². The zero-order valence-corrected chi connectivity index (χ0v) is 16.4. The number of fused-ring (bicyclic) bond motifs is 1. The lowest BCUT2D eigenvalue weighted by atomic mass is 10.0. The van der Waals surface area contributed by atoms with Gasteiger partial charge in [0, 0.05) is 17.1 Å². The molecule has 1 N–H and O–H groups in total. The second-order valence-corrected chi connectivity index (χ2v) is 6.46. The molecule has 4 rings (SSSR count). The van der Waals surface area contributed by atoms with E-state index >= 15 is 0 Å². The van der Waals surface area contributed by atoms with Gasteiger partial charge in [-0.15, -0.1) is 24.8 Å². The number of aromatic nitrogens is 1. The largest absolute Gasteiger partial charge is 0.490 e. The Balaban J connectivity index is 0.00000121. The average molecular weight is 391 g/mol. The van der Waals surface area contributed by atoms with E-state index in [1.165, 1.54) is 16.5 Å². The van der Waals surface area contributed by atoms with Crippen molar-refractivity contribution in [3.05, 3.63) is 60.3 Å². The molecule has 1 aliphatic rings. The highest BCUT2D eigenvalue weighted by Gasteiger charge is 2.14. The topological polar surface area (TPSA) is 34.1 Å². The summed E-state index contributed by atoms with van der Waals surface area (Å²) in [5.74, 6) is 0.954. The first-order valence-corrected chi connectivity index (χ1v) is 8.63. The van der Waals surface area contributed by atoms with Crippen LogP contribution in [0.2, 0.25) is 0 Å². The highest BCUT2D eigenvalue weighted by Crippen LogP contribution is 2.27. The molecule has 3 aromatic rings. The van der Waals surface area contributed by atoms with Gasteiger partial charge in [0.05, 0.1) is 5.52 Å². The Bertz CT molecular complexity index is 846. The van der Waals surface area contributed by atoms with Gasteiger partial charge >= 0.3 is 0 Å². The van der Waals surface area contributed by atoms with Crippen LogP contribution in [-0.2, 0) is 0 Å². The zero-order valence-electron chi connectivity index (χ0n) is 14.8. The predicted octanol–water partition coefficient (Wildman–Crippen LogP) is 5.18. The maximum Gasteiger partial charge on any atom is 0.119 e. The van der Waals surface area contributed by atoms with Gasteiger partial charge in [0.2, 0.25) is 0 Å². The number of ether oxygens (including phenoxy) is 1. The van der Waals surface area contributed by atoms with E-state index in [-0.39, 0.29) is 24.8 Å². The number of aryl methyl sites for hydroxylation is 1. The number of piperidine rings is 1. The maximum absolute atomic E-state index is 6.08. The van der Waals surface area contributed by atoms with Crippen molar-refractivity contribution in [1.82, 2.24) is 10.3 Å². The lowest BCUT2D eigenvalue weighted by Gasteiger charge is -2.23. The third kappa shape index (κ3) is 4.47. The fourth-order valence-electron chi connectivity index (χ4n) is 3.29. The minimum Gasteiger partial charge on any atom is -0.490 e. The van der Waals surface area contributed by atoms with Crippen LogP contribution in [0, 0.1) is 6.92 Å². The quantitative estimate of drug-likeness (QED) is 0.668. The van der Waals surface area contributed by atoms with Crippen molar-refractivity contribution >= 4 is 35.7 Å². The summed E-state index contributed by atoms with van der Waals surface area (Å²) in [4.78, 5) is 4.60. The third-order valence-corrected chi connectivity index (χ3v) is 4.72. The van der Waals surface area contributed by atoms with E-state index in [4.69, 9.17) is 4.74 Å². The zero-order chi connectivity index (χ0) is 16.4. The molecule has 0 saturated carbocycles. The Morgan fingerprint density at radius 2 is 1.69 bits per heavy atom. The summed E-state index contributed by atoms with van der Waals surface area (Å²) in [6.45, 7) is 4.22. The van der Waals surface area contributed by atoms with Crippen LogP contribution < -0.4 is 10.1 Å². The van der Waals surface area contributed by atoms with Crippen molar-refractivity contribution in [3.8, 4) is 16.9 Å². The van der Waals surface area contributed by atoms with Crippen LogP contribution in [0.25, 0.3) is 22.0 Å². The summed E-state index contributed by atoms with van der Waals surface area (Å²) >= 11 is 0. The summed E-state index contributed by atoms with van der Waals surface area (Å²) in [6.07, 6.45) is 4.44.